The van der Waals surface area contributed by atoms with Gasteiger partial charge in [-0.15, -0.1) is 0 Å². The van der Waals surface area contributed by atoms with E-state index >= 15 is 0 Å². The van der Waals surface area contributed by atoms with E-state index in [1.165, 1.54) is 13.3 Å². The summed E-state index contributed by atoms with van der Waals surface area (Å²) >= 11 is 4.40. The Morgan fingerprint density at radius 2 is 1.87 bits per heavy atom. The highest BCUT2D eigenvalue weighted by Gasteiger charge is 2.32. The van der Waals surface area contributed by atoms with Crippen LogP contribution in [-0.2, 0) is 14.3 Å². The van der Waals surface area contributed by atoms with E-state index in [2.05, 4.69) is 66.3 Å². The molecule has 3 amide bonds. The number of methoxy groups -OCH3 is 1. The van der Waals surface area contributed by atoms with Gasteiger partial charge in [-0.1, -0.05) is 6.07 Å². The zero-order chi connectivity index (χ0) is 28.5. The Morgan fingerprint density at radius 3 is 2.56 bits per heavy atom. The van der Waals surface area contributed by atoms with Crippen molar-refractivity contribution in [1.29, 1.82) is 0 Å². The second-order valence-electron chi connectivity index (χ2n) is 8.02. The second kappa shape index (κ2) is 14.3. The number of hydrogen-bond donors (Lipinski definition) is 3. The number of esters is 1. The molecule has 0 saturated heterocycles. The maximum absolute atomic E-state index is 12.6. The van der Waals surface area contributed by atoms with E-state index in [1.807, 2.05) is 19.1 Å². The third-order valence-electron chi connectivity index (χ3n) is 5.36. The highest BCUT2D eigenvalue weighted by Crippen LogP contribution is 2.34. The normalized spacial score (nSPS) is 14.9. The van der Waals surface area contributed by atoms with Crippen molar-refractivity contribution in [2.45, 2.75) is 26.8 Å². The third-order valence-corrected chi connectivity index (χ3v) is 6.79. The predicted octanol–water partition coefficient (Wildman–Crippen LogP) is 4.02. The first-order valence-corrected chi connectivity index (χ1v) is 14.0. The molecule has 0 aromatic heterocycles. The topological polar surface area (TPSA) is 137 Å². The molecular formula is C26H28I2N4O7. The molecule has 3 rings (SSSR count). The zero-order valence-electron chi connectivity index (χ0n) is 21.7. The van der Waals surface area contributed by atoms with Crippen LogP contribution in [0.25, 0.3) is 0 Å². The van der Waals surface area contributed by atoms with Crippen LogP contribution in [0.5, 0.6) is 17.2 Å². The Hall–Kier alpha value is -3.08. The predicted molar refractivity (Wildman–Crippen MR) is 161 cm³/mol. The second-order valence-corrected chi connectivity index (χ2v) is 10.4. The summed E-state index contributed by atoms with van der Waals surface area (Å²) in [5.74, 6) is 0.275. The van der Waals surface area contributed by atoms with Gasteiger partial charge in [-0.2, -0.15) is 5.10 Å². The molecule has 0 aliphatic carbocycles. The lowest BCUT2D eigenvalue weighted by atomic mass is 9.95. The molecule has 1 aliphatic rings. The van der Waals surface area contributed by atoms with Crippen molar-refractivity contribution >= 4 is 69.3 Å². The van der Waals surface area contributed by atoms with Gasteiger partial charge in [0.15, 0.2) is 18.1 Å². The van der Waals surface area contributed by atoms with Crippen molar-refractivity contribution < 1.29 is 33.3 Å². The Kier molecular flexibility index (Phi) is 11.2. The lowest BCUT2D eigenvalue weighted by molar-refractivity contribution is -0.139. The molecule has 1 heterocycles. The van der Waals surface area contributed by atoms with Crippen molar-refractivity contribution in [2.75, 3.05) is 26.9 Å². The van der Waals surface area contributed by atoms with Gasteiger partial charge in [0.25, 0.3) is 5.91 Å². The van der Waals surface area contributed by atoms with Crippen molar-refractivity contribution in [1.82, 2.24) is 16.1 Å². The number of halogens is 2. The largest absolute Gasteiger partial charge is 0.493 e. The summed E-state index contributed by atoms with van der Waals surface area (Å²) in [5, 5.41) is 9.36. The monoisotopic (exact) mass is 762 g/mol. The molecule has 2 aromatic carbocycles. The summed E-state index contributed by atoms with van der Waals surface area (Å²) < 4.78 is 23.9. The van der Waals surface area contributed by atoms with Gasteiger partial charge in [0.2, 0.25) is 0 Å². The molecule has 208 valence electrons. The van der Waals surface area contributed by atoms with Crippen LogP contribution >= 0.6 is 45.2 Å². The summed E-state index contributed by atoms with van der Waals surface area (Å²) in [6.45, 7) is 5.60. The number of amides is 3. The number of hydrazone groups is 1. The number of carbonyl (C=O) groups excluding carboxylic acids is 3. The van der Waals surface area contributed by atoms with Gasteiger partial charge < -0.3 is 29.6 Å². The highest BCUT2D eigenvalue weighted by molar-refractivity contribution is 14.1. The number of allylic oxidation sites excluding steroid dienone is 1. The van der Waals surface area contributed by atoms with Gasteiger partial charge in [0.05, 0.1) is 41.7 Å². The molecule has 0 bridgehead atoms. The van der Waals surface area contributed by atoms with E-state index in [0.717, 1.165) is 12.7 Å². The average molecular weight is 762 g/mol. The number of carbonyl (C=O) groups is 3. The fourth-order valence-electron chi connectivity index (χ4n) is 3.73. The van der Waals surface area contributed by atoms with Gasteiger partial charge in [-0.3, -0.25) is 4.79 Å². The van der Waals surface area contributed by atoms with Crippen molar-refractivity contribution in [3.8, 4) is 17.2 Å². The quantitative estimate of drug-likeness (QED) is 0.136. The average Bonchev–Trinajstić information content (AvgIpc) is 2.88. The number of ether oxygens (including phenoxy) is 4. The minimum Gasteiger partial charge on any atom is -0.493 e. The number of urea groups is 1. The van der Waals surface area contributed by atoms with E-state index in [4.69, 9.17) is 18.9 Å². The van der Waals surface area contributed by atoms with Gasteiger partial charge in [0, 0.05) is 14.8 Å². The molecule has 13 heteroatoms. The minimum atomic E-state index is -0.760. The van der Waals surface area contributed by atoms with Crippen molar-refractivity contribution in [3.63, 3.8) is 0 Å². The number of nitrogens with one attached hydrogen (secondary N) is 3. The van der Waals surface area contributed by atoms with Crippen LogP contribution in [0.3, 0.4) is 0 Å². The van der Waals surface area contributed by atoms with Crippen LogP contribution in [-0.4, -0.2) is 51.1 Å². The van der Waals surface area contributed by atoms with Crippen LogP contribution < -0.4 is 30.3 Å². The molecular weight excluding hydrogens is 734 g/mol. The van der Waals surface area contributed by atoms with E-state index in [-0.39, 0.29) is 18.8 Å². The molecule has 11 nitrogen and oxygen atoms in total. The van der Waals surface area contributed by atoms with Crippen molar-refractivity contribution in [3.05, 3.63) is 59.9 Å². The van der Waals surface area contributed by atoms with Crippen molar-refractivity contribution in [2.24, 2.45) is 5.10 Å². The van der Waals surface area contributed by atoms with Crippen LogP contribution in [0, 0.1) is 7.14 Å². The molecule has 0 spiro atoms. The first kappa shape index (κ1) is 30.5. The number of benzene rings is 2. The highest BCUT2D eigenvalue weighted by atomic mass is 127. The van der Waals surface area contributed by atoms with E-state index < -0.39 is 23.9 Å². The van der Waals surface area contributed by atoms with Crippen LogP contribution in [0.2, 0.25) is 0 Å². The molecule has 1 aliphatic heterocycles. The molecule has 0 fully saturated rings. The Bertz CT molecular complexity index is 1310. The molecule has 0 unspecified atom stereocenters. The first-order valence-electron chi connectivity index (χ1n) is 11.9. The maximum atomic E-state index is 12.6. The standard InChI is InChI=1S/C26H28I2N4O7/c1-5-37-24-16(9-17(27)11-18(24)28)12-29-32-21(33)13-39-19-8-7-15(10-20(19)36-4)23-22(25(34)38-6-2)14(3)30-26(35)31-23/h7-12,23H,5-6,13H2,1-4H3,(H,32,33)(H2,30,31,35)/b29-12+/t23-/m0/s1. The number of nitrogens with zero attached hydrogens (tertiary/aromatic N) is 1. The lowest BCUT2D eigenvalue weighted by Crippen LogP contribution is -2.45. The summed E-state index contributed by atoms with van der Waals surface area (Å²) in [4.78, 5) is 37.1. The Labute approximate surface area is 253 Å². The maximum Gasteiger partial charge on any atom is 0.338 e. The SMILES string of the molecule is CCOC(=O)C1=C(C)NC(=O)N[C@H]1c1ccc(OCC(=O)N/N=C/c2cc(I)cc(I)c2OCC)c(OC)c1. The summed E-state index contributed by atoms with van der Waals surface area (Å²) in [5.41, 5.74) is 4.43. The lowest BCUT2D eigenvalue weighted by Gasteiger charge is -2.28. The molecule has 1 atom stereocenters. The van der Waals surface area contributed by atoms with Gasteiger partial charge >= 0.3 is 12.0 Å². The Morgan fingerprint density at radius 1 is 1.10 bits per heavy atom. The molecule has 0 saturated carbocycles. The fraction of sp³-hybridized carbons (Fsp3) is 0.308. The smallest absolute Gasteiger partial charge is 0.338 e. The zero-order valence-corrected chi connectivity index (χ0v) is 26.0. The summed E-state index contributed by atoms with van der Waals surface area (Å²) in [6, 6.07) is 7.58. The molecule has 2 aromatic rings. The summed E-state index contributed by atoms with van der Waals surface area (Å²) in [6.07, 6.45) is 1.52. The third kappa shape index (κ3) is 7.97. The van der Waals surface area contributed by atoms with Crippen LogP contribution in [0.1, 0.15) is 37.9 Å². The Balaban J connectivity index is 1.70. The van der Waals surface area contributed by atoms with E-state index in [0.29, 0.717) is 35.1 Å². The number of hydrogen-bond acceptors (Lipinski definition) is 8. The first-order chi connectivity index (χ1) is 18.7. The van der Waals surface area contributed by atoms with Gasteiger partial charge in [-0.25, -0.2) is 15.0 Å². The van der Waals surface area contributed by atoms with Crippen LogP contribution in [0.15, 0.2) is 46.7 Å². The molecule has 39 heavy (non-hydrogen) atoms. The van der Waals surface area contributed by atoms with Crippen LogP contribution in [0.4, 0.5) is 4.79 Å². The van der Waals surface area contributed by atoms with Gasteiger partial charge in [0.1, 0.15) is 5.75 Å². The molecule has 0 radical (unpaired) electrons. The minimum absolute atomic E-state index is 0.191. The number of rotatable bonds is 11. The van der Waals surface area contributed by atoms with Gasteiger partial charge in [-0.05, 0) is 95.8 Å². The van der Waals surface area contributed by atoms with E-state index in [1.54, 1.807) is 32.0 Å². The van der Waals surface area contributed by atoms with E-state index in [9.17, 15) is 14.4 Å². The fourth-order valence-corrected chi connectivity index (χ4v) is 5.77. The summed E-state index contributed by atoms with van der Waals surface area (Å²) in [7, 11) is 1.45. The molecule has 3 N–H and O–H groups in total.